The molecule has 168 valence electrons. The Hall–Kier alpha value is -3.58. The summed E-state index contributed by atoms with van der Waals surface area (Å²) in [6.07, 6.45) is 5.57. The van der Waals surface area contributed by atoms with Gasteiger partial charge in [-0.3, -0.25) is 0 Å². The highest BCUT2D eigenvalue weighted by molar-refractivity contribution is 6.30. The van der Waals surface area contributed by atoms with Gasteiger partial charge >= 0.3 is 0 Å². The molecule has 3 heterocycles. The van der Waals surface area contributed by atoms with Crippen LogP contribution in [0.4, 0.5) is 11.5 Å². The Balaban J connectivity index is 1.25. The van der Waals surface area contributed by atoms with Crippen molar-refractivity contribution < 1.29 is 9.15 Å². The van der Waals surface area contributed by atoms with Crippen LogP contribution in [0.1, 0.15) is 36.0 Å². The lowest BCUT2D eigenvalue weighted by atomic mass is 10.0. The van der Waals surface area contributed by atoms with E-state index in [1.54, 1.807) is 6.26 Å². The topological polar surface area (TPSA) is 85.1 Å². The normalized spacial score (nSPS) is 15.3. The maximum Gasteiger partial charge on any atom is 0.226 e. The second-order valence-corrected chi connectivity index (χ2v) is 8.39. The Bertz CT molecular complexity index is 1240. The number of aromatic nitrogens is 3. The number of nitrogens with one attached hydrogen (secondary N) is 2. The van der Waals surface area contributed by atoms with E-state index in [4.69, 9.17) is 20.8 Å². The molecule has 0 saturated heterocycles. The third-order valence-electron chi connectivity index (χ3n) is 5.48. The summed E-state index contributed by atoms with van der Waals surface area (Å²) in [4.78, 5) is 13.5. The third-order valence-corrected chi connectivity index (χ3v) is 5.73. The van der Waals surface area contributed by atoms with Crippen LogP contribution < -0.4 is 15.4 Å². The van der Waals surface area contributed by atoms with Crippen molar-refractivity contribution in [3.63, 3.8) is 0 Å². The summed E-state index contributed by atoms with van der Waals surface area (Å²) in [5.74, 6) is 2.97. The molecule has 33 heavy (non-hydrogen) atoms. The molecule has 8 heteroatoms. The van der Waals surface area contributed by atoms with Gasteiger partial charge in [0.1, 0.15) is 36.0 Å². The molecule has 2 N–H and O–H groups in total. The van der Waals surface area contributed by atoms with Gasteiger partial charge in [0, 0.05) is 40.6 Å². The van der Waals surface area contributed by atoms with Crippen LogP contribution in [0.25, 0.3) is 11.5 Å². The first-order valence-corrected chi connectivity index (χ1v) is 11.3. The van der Waals surface area contributed by atoms with Crippen LogP contribution in [0.2, 0.25) is 5.02 Å². The largest absolute Gasteiger partial charge is 0.487 e. The summed E-state index contributed by atoms with van der Waals surface area (Å²) in [5.41, 5.74) is 3.65. The Labute approximate surface area is 197 Å². The van der Waals surface area contributed by atoms with Crippen LogP contribution in [-0.2, 0) is 6.61 Å². The fourth-order valence-electron chi connectivity index (χ4n) is 3.83. The number of ether oxygens (including phenoxy) is 1. The van der Waals surface area contributed by atoms with Gasteiger partial charge in [-0.2, -0.15) is 0 Å². The number of fused-ring (bicyclic) bond motifs is 1. The zero-order valence-electron chi connectivity index (χ0n) is 18.2. The van der Waals surface area contributed by atoms with Gasteiger partial charge in [-0.05, 0) is 56.2 Å². The van der Waals surface area contributed by atoms with Crippen LogP contribution in [0.3, 0.4) is 0 Å². The molecule has 0 amide bonds. The maximum atomic E-state index is 5.98. The molecule has 1 aliphatic heterocycles. The van der Waals surface area contributed by atoms with E-state index >= 15 is 0 Å². The summed E-state index contributed by atoms with van der Waals surface area (Å²) in [6.45, 7) is 3.12. The van der Waals surface area contributed by atoms with Crippen molar-refractivity contribution in [1.82, 2.24) is 15.0 Å². The smallest absolute Gasteiger partial charge is 0.226 e. The van der Waals surface area contributed by atoms with Crippen LogP contribution in [-0.4, -0.2) is 21.5 Å². The van der Waals surface area contributed by atoms with Crippen LogP contribution in [0.5, 0.6) is 5.75 Å². The predicted octanol–water partition coefficient (Wildman–Crippen LogP) is 6.03. The Morgan fingerprint density at radius 1 is 1.18 bits per heavy atom. The monoisotopic (exact) mass is 461 g/mol. The molecular weight excluding hydrogens is 438 g/mol. The number of benzene rings is 2. The van der Waals surface area contributed by atoms with E-state index in [1.807, 2.05) is 61.7 Å². The number of hydrogen-bond acceptors (Lipinski definition) is 7. The van der Waals surface area contributed by atoms with E-state index in [1.165, 1.54) is 0 Å². The fourth-order valence-corrected chi connectivity index (χ4v) is 3.95. The Morgan fingerprint density at radius 3 is 2.94 bits per heavy atom. The summed E-state index contributed by atoms with van der Waals surface area (Å²) in [7, 11) is 0. The number of aryl methyl sites for hydroxylation is 1. The van der Waals surface area contributed by atoms with Crippen molar-refractivity contribution in [1.29, 1.82) is 0 Å². The molecule has 1 unspecified atom stereocenters. The van der Waals surface area contributed by atoms with Gasteiger partial charge in [0.05, 0.1) is 6.04 Å². The quantitative estimate of drug-likeness (QED) is 0.362. The van der Waals surface area contributed by atoms with E-state index in [2.05, 4.69) is 25.6 Å². The summed E-state index contributed by atoms with van der Waals surface area (Å²) in [6, 6.07) is 15.4. The molecule has 1 aliphatic rings. The van der Waals surface area contributed by atoms with Gasteiger partial charge in [-0.25, -0.2) is 15.0 Å². The zero-order valence-corrected chi connectivity index (χ0v) is 19.0. The lowest BCUT2D eigenvalue weighted by Crippen LogP contribution is -2.12. The van der Waals surface area contributed by atoms with E-state index < -0.39 is 0 Å². The number of nitrogens with zero attached hydrogens (tertiary/aromatic N) is 3. The van der Waals surface area contributed by atoms with Crippen molar-refractivity contribution in [3.05, 3.63) is 83.1 Å². The molecular formula is C25H24ClN5O2. The minimum absolute atomic E-state index is 0.128. The zero-order chi connectivity index (χ0) is 22.6. The van der Waals surface area contributed by atoms with Gasteiger partial charge in [0.15, 0.2) is 0 Å². The van der Waals surface area contributed by atoms with Gasteiger partial charge in [-0.15, -0.1) is 0 Å². The third kappa shape index (κ3) is 5.09. The fraction of sp³-hybridized carbons (Fsp3) is 0.240. The Kier molecular flexibility index (Phi) is 6.13. The molecule has 0 aliphatic carbocycles. The van der Waals surface area contributed by atoms with Gasteiger partial charge in [0.25, 0.3) is 0 Å². The minimum atomic E-state index is 0.128. The van der Waals surface area contributed by atoms with Crippen molar-refractivity contribution in [2.45, 2.75) is 32.4 Å². The molecule has 2 aromatic carbocycles. The molecule has 1 atom stereocenters. The average molecular weight is 462 g/mol. The molecule has 7 nitrogen and oxygen atoms in total. The summed E-state index contributed by atoms with van der Waals surface area (Å²) in [5, 5.41) is 7.70. The van der Waals surface area contributed by atoms with Crippen LogP contribution >= 0.6 is 11.6 Å². The number of anilines is 2. The van der Waals surface area contributed by atoms with E-state index in [-0.39, 0.29) is 6.04 Å². The lowest BCUT2D eigenvalue weighted by molar-refractivity contribution is 0.301. The van der Waals surface area contributed by atoms with Crippen molar-refractivity contribution in [2.24, 2.45) is 0 Å². The lowest BCUT2D eigenvalue weighted by Gasteiger charge is -2.20. The molecule has 2 aromatic heterocycles. The first-order valence-electron chi connectivity index (χ1n) is 10.9. The standard InChI is InChI=1S/C25H24ClN5O2/c1-16-28-13-22-23(6-3-11-27-24(22)29-16)30-19-4-2-5-21(12-19)32-14-20-15-33-25(31-20)17-7-9-18(26)10-8-17/h2,4-5,7-10,12-13,15,23,30H,3,6,11,14H2,1H3,(H,27,28,29). The van der Waals surface area contributed by atoms with E-state index in [9.17, 15) is 0 Å². The van der Waals surface area contributed by atoms with Crippen molar-refractivity contribution >= 4 is 23.1 Å². The van der Waals surface area contributed by atoms with Crippen molar-refractivity contribution in [2.75, 3.05) is 17.2 Å². The molecule has 0 saturated carbocycles. The molecule has 0 bridgehead atoms. The van der Waals surface area contributed by atoms with Gasteiger partial charge < -0.3 is 19.8 Å². The SMILES string of the molecule is Cc1ncc2c(n1)NCCCC2Nc1cccc(OCc2coc(-c3ccc(Cl)cc3)n2)c1. The molecule has 0 fully saturated rings. The highest BCUT2D eigenvalue weighted by Gasteiger charge is 2.20. The number of oxazole rings is 1. The summed E-state index contributed by atoms with van der Waals surface area (Å²) < 4.78 is 11.6. The number of rotatable bonds is 6. The van der Waals surface area contributed by atoms with E-state index in [0.29, 0.717) is 17.5 Å². The average Bonchev–Trinajstić information content (AvgIpc) is 3.21. The molecule has 5 rings (SSSR count). The highest BCUT2D eigenvalue weighted by Crippen LogP contribution is 2.31. The van der Waals surface area contributed by atoms with Crippen molar-refractivity contribution in [3.8, 4) is 17.2 Å². The summed E-state index contributed by atoms with van der Waals surface area (Å²) >= 11 is 5.95. The second-order valence-electron chi connectivity index (χ2n) is 7.95. The first kappa shape index (κ1) is 21.3. The number of halogens is 1. The predicted molar refractivity (Wildman–Crippen MR) is 129 cm³/mol. The molecule has 4 aromatic rings. The van der Waals surface area contributed by atoms with Crippen LogP contribution in [0.15, 0.2) is 65.4 Å². The minimum Gasteiger partial charge on any atom is -0.487 e. The molecule has 0 spiro atoms. The van der Waals surface area contributed by atoms with E-state index in [0.717, 1.165) is 59.3 Å². The highest BCUT2D eigenvalue weighted by atomic mass is 35.5. The van der Waals surface area contributed by atoms with Gasteiger partial charge in [-0.1, -0.05) is 17.7 Å². The van der Waals surface area contributed by atoms with Gasteiger partial charge in [0.2, 0.25) is 5.89 Å². The maximum absolute atomic E-state index is 5.98. The molecule has 0 radical (unpaired) electrons. The Morgan fingerprint density at radius 2 is 2.06 bits per heavy atom. The second kappa shape index (κ2) is 9.50. The first-order chi connectivity index (χ1) is 16.1. The van der Waals surface area contributed by atoms with Crippen LogP contribution in [0, 0.1) is 6.92 Å². The number of hydrogen-bond donors (Lipinski definition) is 2.